The van der Waals surface area contributed by atoms with E-state index in [9.17, 15) is 14.4 Å². The number of nitriles is 1. The molecule has 6 rings (SSSR count). The van der Waals surface area contributed by atoms with E-state index in [1.165, 1.54) is 27.8 Å². The molecular formula is C30H37FN10OS2. The van der Waals surface area contributed by atoms with Crippen molar-refractivity contribution in [3.8, 4) is 17.7 Å². The SMILES string of the molecule is C=C(F)C(=O)N1CCN(c2cc(N[C@@H](C)[C@@H]3CCCN3C)nc(-c3nsc(C4(C)CCCc5sc(N)c(C#N)c54)n3)n2)CC1. The molecule has 3 N–H and O–H groups in total. The van der Waals surface area contributed by atoms with Crippen molar-refractivity contribution >= 4 is 45.4 Å². The Morgan fingerprint density at radius 3 is 2.68 bits per heavy atom. The predicted octanol–water partition coefficient (Wildman–Crippen LogP) is 4.18. The van der Waals surface area contributed by atoms with Crippen LogP contribution in [0.25, 0.3) is 11.6 Å². The standard InChI is InChI=1S/C30H37FN10OS2/c1-17(31)28(42)41-13-11-40(12-14-41)23-15-22(34-18(2)20-7-6-10-39(20)4)35-26(36-23)27-37-29(44-38-27)30(3)9-5-8-21-24(30)19(16-32)25(33)43-21/h15,18,20H,1,5-14,33H2,2-4H3,(H,34,35,36)/t18-,20-,30?/m0/s1. The van der Waals surface area contributed by atoms with Crippen LogP contribution in [0.4, 0.5) is 21.0 Å². The van der Waals surface area contributed by atoms with E-state index in [0.29, 0.717) is 66.1 Å². The average molecular weight is 637 g/mol. The van der Waals surface area contributed by atoms with Gasteiger partial charge in [-0.2, -0.15) is 9.64 Å². The van der Waals surface area contributed by atoms with Crippen LogP contribution >= 0.6 is 22.9 Å². The first-order valence-electron chi connectivity index (χ1n) is 15.0. The fourth-order valence-corrected chi connectivity index (χ4v) is 8.84. The molecule has 14 heteroatoms. The van der Waals surface area contributed by atoms with Crippen molar-refractivity contribution in [2.45, 2.75) is 63.5 Å². The first-order valence-corrected chi connectivity index (χ1v) is 16.6. The van der Waals surface area contributed by atoms with Crippen LogP contribution in [-0.2, 0) is 16.6 Å². The Morgan fingerprint density at radius 1 is 1.23 bits per heavy atom. The van der Waals surface area contributed by atoms with E-state index in [1.807, 2.05) is 6.07 Å². The largest absolute Gasteiger partial charge is 0.389 e. The van der Waals surface area contributed by atoms with Crippen molar-refractivity contribution in [3.05, 3.63) is 39.5 Å². The van der Waals surface area contributed by atoms with Crippen LogP contribution in [-0.4, -0.2) is 86.9 Å². The Kier molecular flexibility index (Phi) is 8.29. The molecule has 2 saturated heterocycles. The number of likely N-dealkylation sites (N-methyl/N-ethyl adjacent to an activating group) is 1. The minimum Gasteiger partial charge on any atom is -0.389 e. The van der Waals surface area contributed by atoms with E-state index in [0.717, 1.165) is 54.1 Å². The van der Waals surface area contributed by atoms with Gasteiger partial charge in [-0.15, -0.1) is 11.3 Å². The summed E-state index contributed by atoms with van der Waals surface area (Å²) in [4.78, 5) is 34.0. The van der Waals surface area contributed by atoms with Crippen LogP contribution in [0.5, 0.6) is 0 Å². The molecule has 3 aromatic rings. The highest BCUT2D eigenvalue weighted by molar-refractivity contribution is 7.16. The lowest BCUT2D eigenvalue weighted by Crippen LogP contribution is -2.49. The highest BCUT2D eigenvalue weighted by atomic mass is 32.1. The number of hydrogen-bond acceptors (Lipinski definition) is 12. The molecule has 3 aliphatic rings. The number of anilines is 3. The Morgan fingerprint density at radius 2 is 2.00 bits per heavy atom. The van der Waals surface area contributed by atoms with Gasteiger partial charge in [-0.1, -0.05) is 6.58 Å². The highest BCUT2D eigenvalue weighted by Crippen LogP contribution is 2.49. The second kappa shape index (κ2) is 12.0. The van der Waals surface area contributed by atoms with Crippen molar-refractivity contribution in [2.24, 2.45) is 0 Å². The van der Waals surface area contributed by atoms with Gasteiger partial charge >= 0.3 is 0 Å². The minimum absolute atomic E-state index is 0.148. The number of aryl methyl sites for hydroxylation is 1. The molecule has 0 spiro atoms. The number of rotatable bonds is 7. The van der Waals surface area contributed by atoms with Gasteiger partial charge in [0, 0.05) is 54.6 Å². The number of carbonyl (C=O) groups excluding carboxylic acids is 1. The van der Waals surface area contributed by atoms with Crippen LogP contribution in [0.2, 0.25) is 0 Å². The maximum absolute atomic E-state index is 13.5. The number of nitrogens with one attached hydrogen (secondary N) is 1. The third kappa shape index (κ3) is 5.52. The van der Waals surface area contributed by atoms with Gasteiger partial charge in [0.15, 0.2) is 5.83 Å². The van der Waals surface area contributed by atoms with E-state index in [-0.39, 0.29) is 6.04 Å². The summed E-state index contributed by atoms with van der Waals surface area (Å²) in [5.41, 5.74) is 7.30. The summed E-state index contributed by atoms with van der Waals surface area (Å²) in [6, 6.07) is 4.79. The zero-order valence-corrected chi connectivity index (χ0v) is 26.9. The van der Waals surface area contributed by atoms with Gasteiger partial charge in [-0.05, 0) is 76.6 Å². The molecule has 11 nitrogen and oxygen atoms in total. The lowest BCUT2D eigenvalue weighted by Gasteiger charge is -2.35. The highest BCUT2D eigenvalue weighted by Gasteiger charge is 2.41. The Bertz CT molecular complexity index is 1620. The number of fused-ring (bicyclic) bond motifs is 1. The smallest absolute Gasteiger partial charge is 0.282 e. The molecule has 1 unspecified atom stereocenters. The Hall–Kier alpha value is -3.67. The van der Waals surface area contributed by atoms with Gasteiger partial charge in [-0.3, -0.25) is 4.79 Å². The van der Waals surface area contributed by atoms with Crippen LogP contribution in [0.1, 0.15) is 60.5 Å². The van der Waals surface area contributed by atoms with Crippen molar-refractivity contribution < 1.29 is 9.18 Å². The van der Waals surface area contributed by atoms with E-state index < -0.39 is 17.1 Å². The quantitative estimate of drug-likeness (QED) is 0.363. The number of nitrogens with zero attached hydrogens (tertiary/aromatic N) is 8. The normalized spacial score (nSPS) is 22.8. The van der Waals surface area contributed by atoms with Gasteiger partial charge < -0.3 is 25.8 Å². The zero-order valence-electron chi connectivity index (χ0n) is 25.3. The number of likely N-dealkylation sites (tertiary alicyclic amines) is 1. The summed E-state index contributed by atoms with van der Waals surface area (Å²) in [6.07, 6.45) is 4.99. The Labute approximate surface area is 264 Å². The summed E-state index contributed by atoms with van der Waals surface area (Å²) in [5, 5.41) is 14.9. The lowest BCUT2D eigenvalue weighted by atomic mass is 9.73. The molecular weight excluding hydrogens is 600 g/mol. The maximum atomic E-state index is 13.5. The number of hydrogen-bond donors (Lipinski definition) is 2. The van der Waals surface area contributed by atoms with E-state index in [2.05, 4.69) is 48.7 Å². The van der Waals surface area contributed by atoms with Crippen LogP contribution < -0.4 is 16.0 Å². The number of amides is 1. The van der Waals surface area contributed by atoms with E-state index in [4.69, 9.17) is 25.1 Å². The molecule has 0 aromatic carbocycles. The molecule has 5 heterocycles. The molecule has 232 valence electrons. The average Bonchev–Trinajstić information content (AvgIpc) is 3.75. The summed E-state index contributed by atoms with van der Waals surface area (Å²) in [7, 11) is 2.15. The summed E-state index contributed by atoms with van der Waals surface area (Å²) >= 11 is 2.81. The number of thiophene rings is 1. The summed E-state index contributed by atoms with van der Waals surface area (Å²) in [6.45, 7) is 10.2. The van der Waals surface area contributed by atoms with Crippen molar-refractivity contribution in [1.82, 2.24) is 29.1 Å². The van der Waals surface area contributed by atoms with Gasteiger partial charge in [0.1, 0.15) is 27.7 Å². The van der Waals surface area contributed by atoms with Crippen molar-refractivity contribution in [1.29, 1.82) is 5.26 Å². The van der Waals surface area contributed by atoms with E-state index in [1.54, 1.807) is 0 Å². The Balaban J connectivity index is 1.33. The molecule has 3 aromatic heterocycles. The monoisotopic (exact) mass is 636 g/mol. The van der Waals surface area contributed by atoms with Crippen molar-refractivity contribution in [3.63, 3.8) is 0 Å². The maximum Gasteiger partial charge on any atom is 0.282 e. The fraction of sp³-hybridized carbons (Fsp3) is 0.533. The van der Waals surface area contributed by atoms with Gasteiger partial charge in [0.05, 0.1) is 5.56 Å². The number of carbonyl (C=O) groups is 1. The van der Waals surface area contributed by atoms with Crippen molar-refractivity contribution in [2.75, 3.05) is 55.7 Å². The molecule has 0 radical (unpaired) electrons. The minimum atomic E-state index is -0.948. The van der Waals surface area contributed by atoms with Gasteiger partial charge in [-0.25, -0.2) is 19.3 Å². The molecule has 0 bridgehead atoms. The van der Waals surface area contributed by atoms with Crippen LogP contribution in [0, 0.1) is 11.3 Å². The number of nitrogen functional groups attached to an aromatic ring is 1. The number of nitrogens with two attached hydrogens (primary N) is 1. The zero-order chi connectivity index (χ0) is 31.2. The number of aromatic nitrogens is 4. The van der Waals surface area contributed by atoms with Gasteiger partial charge in [0.2, 0.25) is 11.6 Å². The lowest BCUT2D eigenvalue weighted by molar-refractivity contribution is -0.128. The first kappa shape index (κ1) is 30.4. The molecule has 3 atom stereocenters. The predicted molar refractivity (Wildman–Crippen MR) is 172 cm³/mol. The van der Waals surface area contributed by atoms with Crippen LogP contribution in [0.3, 0.4) is 0 Å². The topological polar surface area (TPSA) is 140 Å². The summed E-state index contributed by atoms with van der Waals surface area (Å²) < 4.78 is 18.2. The third-order valence-corrected chi connectivity index (χ3v) is 11.3. The molecule has 0 saturated carbocycles. The van der Waals surface area contributed by atoms with Crippen LogP contribution in [0.15, 0.2) is 18.5 Å². The number of halogens is 1. The van der Waals surface area contributed by atoms with E-state index >= 15 is 0 Å². The molecule has 2 fully saturated rings. The molecule has 1 aliphatic carbocycles. The second-order valence-corrected chi connectivity index (χ2v) is 14.0. The summed E-state index contributed by atoms with van der Waals surface area (Å²) in [5.74, 6) is 0.578. The number of piperazine rings is 1. The van der Waals surface area contributed by atoms with Gasteiger partial charge in [0.25, 0.3) is 5.91 Å². The third-order valence-electron chi connectivity index (χ3n) is 9.22. The first-order chi connectivity index (χ1) is 21.1. The molecule has 2 aliphatic heterocycles. The molecule has 1 amide bonds. The molecule has 44 heavy (non-hydrogen) atoms. The fourth-order valence-electron chi connectivity index (χ4n) is 6.83. The second-order valence-electron chi connectivity index (χ2n) is 12.1.